The van der Waals surface area contributed by atoms with Crippen molar-refractivity contribution in [1.29, 1.82) is 0 Å². The number of amides is 1. The number of hydrogen-bond acceptors (Lipinski definition) is 3. The molecule has 1 heterocycles. The highest BCUT2D eigenvalue weighted by atomic mass is 19.1. The number of nitrogens with zero attached hydrogens (tertiary/aromatic N) is 1. The van der Waals surface area contributed by atoms with Gasteiger partial charge in [-0.15, -0.1) is 0 Å². The zero-order valence-corrected chi connectivity index (χ0v) is 10.7. The van der Waals surface area contributed by atoms with Crippen LogP contribution in [0.15, 0.2) is 12.3 Å². The highest BCUT2D eigenvalue weighted by molar-refractivity contribution is 5.95. The Hall–Kier alpha value is -1.65. The monoisotopic (exact) mass is 251 g/mol. The van der Waals surface area contributed by atoms with Crippen LogP contribution < -0.4 is 10.6 Å². The van der Waals surface area contributed by atoms with Crippen LogP contribution in [0.5, 0.6) is 0 Å². The second kappa shape index (κ2) is 4.92. The quantitative estimate of drug-likeness (QED) is 0.844. The average molecular weight is 251 g/mol. The van der Waals surface area contributed by atoms with Gasteiger partial charge in [-0.25, -0.2) is 9.37 Å². The average Bonchev–Trinajstić information content (AvgIpc) is 3.05. The van der Waals surface area contributed by atoms with Crippen molar-refractivity contribution in [1.82, 2.24) is 10.3 Å². The molecule has 1 aliphatic rings. The smallest absolute Gasteiger partial charge is 0.254 e. The molecule has 0 bridgehead atoms. The van der Waals surface area contributed by atoms with E-state index >= 15 is 0 Å². The van der Waals surface area contributed by atoms with E-state index in [1.807, 2.05) is 13.8 Å². The lowest BCUT2D eigenvalue weighted by atomic mass is 10.2. The van der Waals surface area contributed by atoms with Gasteiger partial charge in [-0.1, -0.05) is 6.92 Å². The van der Waals surface area contributed by atoms with E-state index in [0.29, 0.717) is 6.54 Å². The third-order valence-electron chi connectivity index (χ3n) is 3.09. The first-order chi connectivity index (χ1) is 8.56. The summed E-state index contributed by atoms with van der Waals surface area (Å²) in [4.78, 5) is 15.8. The van der Waals surface area contributed by atoms with Crippen molar-refractivity contribution in [2.45, 2.75) is 38.6 Å². The van der Waals surface area contributed by atoms with E-state index in [1.165, 1.54) is 12.3 Å². The number of hydrogen-bond donors (Lipinski definition) is 2. The summed E-state index contributed by atoms with van der Waals surface area (Å²) in [6.07, 6.45) is 4.22. The first-order valence-corrected chi connectivity index (χ1v) is 6.26. The van der Waals surface area contributed by atoms with Gasteiger partial charge in [0.15, 0.2) is 11.6 Å². The highest BCUT2D eigenvalue weighted by Gasteiger charge is 2.39. The summed E-state index contributed by atoms with van der Waals surface area (Å²) >= 11 is 0. The van der Waals surface area contributed by atoms with Crippen LogP contribution in [0.25, 0.3) is 0 Å². The van der Waals surface area contributed by atoms with Gasteiger partial charge in [-0.05, 0) is 32.3 Å². The molecule has 1 fully saturated rings. The Morgan fingerprint density at radius 2 is 2.28 bits per heavy atom. The van der Waals surface area contributed by atoms with Gasteiger partial charge in [-0.2, -0.15) is 0 Å². The third kappa shape index (κ3) is 2.78. The van der Waals surface area contributed by atoms with Gasteiger partial charge < -0.3 is 10.6 Å². The van der Waals surface area contributed by atoms with Crippen molar-refractivity contribution >= 4 is 11.7 Å². The summed E-state index contributed by atoms with van der Waals surface area (Å²) in [7, 11) is 0. The van der Waals surface area contributed by atoms with Crippen LogP contribution in [-0.4, -0.2) is 23.0 Å². The fourth-order valence-electron chi connectivity index (χ4n) is 1.64. The molecule has 0 spiro atoms. The molecule has 1 amide bonds. The number of carbonyl (C=O) groups is 1. The molecule has 0 unspecified atom stereocenters. The van der Waals surface area contributed by atoms with Gasteiger partial charge in [0.1, 0.15) is 0 Å². The molecule has 18 heavy (non-hydrogen) atoms. The Labute approximate surface area is 106 Å². The molecule has 2 N–H and O–H groups in total. The third-order valence-corrected chi connectivity index (χ3v) is 3.09. The van der Waals surface area contributed by atoms with Crippen LogP contribution in [0.4, 0.5) is 10.2 Å². The van der Waals surface area contributed by atoms with Gasteiger partial charge >= 0.3 is 0 Å². The van der Waals surface area contributed by atoms with Crippen molar-refractivity contribution in [2.24, 2.45) is 0 Å². The molecule has 0 atom stereocenters. The van der Waals surface area contributed by atoms with Crippen molar-refractivity contribution in [3.63, 3.8) is 0 Å². The van der Waals surface area contributed by atoms with Crippen LogP contribution in [0.1, 0.15) is 43.5 Å². The second-order valence-corrected chi connectivity index (χ2v) is 4.96. The van der Waals surface area contributed by atoms with Crippen LogP contribution in [0, 0.1) is 5.82 Å². The zero-order valence-electron chi connectivity index (χ0n) is 10.7. The number of halogens is 1. The second-order valence-electron chi connectivity index (χ2n) is 4.96. The summed E-state index contributed by atoms with van der Waals surface area (Å²) < 4.78 is 14.1. The SMILES string of the molecule is CCCNc1nccc(C(=O)NC2(C)CC2)c1F. The standard InChI is InChI=1S/C13H18FN3O/c1-3-7-15-11-10(14)9(4-8-16-11)12(18)17-13(2)5-6-13/h4,8H,3,5-7H2,1-2H3,(H,15,16)(H,17,18). The summed E-state index contributed by atoms with van der Waals surface area (Å²) in [5.41, 5.74) is -0.0965. The number of carbonyl (C=O) groups excluding carboxylic acids is 1. The maximum atomic E-state index is 14.1. The predicted octanol–water partition coefficient (Wildman–Crippen LogP) is 2.32. The first-order valence-electron chi connectivity index (χ1n) is 6.26. The Bertz CT molecular complexity index is 458. The Kier molecular flexibility index (Phi) is 3.50. The molecule has 2 rings (SSSR count). The molecular formula is C13H18FN3O. The van der Waals surface area contributed by atoms with Gasteiger partial charge in [0.05, 0.1) is 5.56 Å². The van der Waals surface area contributed by atoms with E-state index in [-0.39, 0.29) is 22.8 Å². The zero-order chi connectivity index (χ0) is 13.2. The molecule has 5 heteroatoms. The topological polar surface area (TPSA) is 54.0 Å². The van der Waals surface area contributed by atoms with E-state index in [1.54, 1.807) is 0 Å². The first kappa shape index (κ1) is 12.8. The molecule has 0 aliphatic heterocycles. The Morgan fingerprint density at radius 3 is 2.89 bits per heavy atom. The van der Waals surface area contributed by atoms with Gasteiger partial charge in [0.25, 0.3) is 5.91 Å². The lowest BCUT2D eigenvalue weighted by Crippen LogP contribution is -2.34. The normalized spacial score (nSPS) is 16.2. The van der Waals surface area contributed by atoms with Crippen LogP contribution in [0.3, 0.4) is 0 Å². The van der Waals surface area contributed by atoms with E-state index in [4.69, 9.17) is 0 Å². The number of rotatable bonds is 5. The molecule has 1 aliphatic carbocycles. The molecular weight excluding hydrogens is 233 g/mol. The van der Waals surface area contributed by atoms with E-state index in [9.17, 15) is 9.18 Å². The fraction of sp³-hybridized carbons (Fsp3) is 0.538. The maximum absolute atomic E-state index is 14.1. The minimum atomic E-state index is -0.576. The minimum Gasteiger partial charge on any atom is -0.368 e. The van der Waals surface area contributed by atoms with E-state index in [0.717, 1.165) is 19.3 Å². The summed E-state index contributed by atoms with van der Waals surface area (Å²) in [6.45, 7) is 4.57. The fourth-order valence-corrected chi connectivity index (χ4v) is 1.64. The molecule has 98 valence electrons. The predicted molar refractivity (Wildman–Crippen MR) is 68.1 cm³/mol. The number of aromatic nitrogens is 1. The maximum Gasteiger partial charge on any atom is 0.254 e. The molecule has 1 saturated carbocycles. The van der Waals surface area contributed by atoms with Gasteiger partial charge in [-0.3, -0.25) is 4.79 Å². The van der Waals surface area contributed by atoms with Crippen molar-refractivity contribution in [2.75, 3.05) is 11.9 Å². The van der Waals surface area contributed by atoms with E-state index < -0.39 is 5.82 Å². The number of anilines is 1. The minimum absolute atomic E-state index is 0.0525. The molecule has 1 aromatic rings. The number of pyridine rings is 1. The molecule has 1 aromatic heterocycles. The lowest BCUT2D eigenvalue weighted by Gasteiger charge is -2.13. The number of nitrogens with one attached hydrogen (secondary N) is 2. The van der Waals surface area contributed by atoms with Crippen molar-refractivity contribution in [3.05, 3.63) is 23.6 Å². The largest absolute Gasteiger partial charge is 0.368 e. The molecule has 0 radical (unpaired) electrons. The van der Waals surface area contributed by atoms with Crippen LogP contribution >= 0.6 is 0 Å². The molecule has 0 aromatic carbocycles. The van der Waals surface area contributed by atoms with Crippen molar-refractivity contribution < 1.29 is 9.18 Å². The summed E-state index contributed by atoms with van der Waals surface area (Å²) in [5.74, 6) is -0.799. The van der Waals surface area contributed by atoms with Gasteiger partial charge in [0, 0.05) is 18.3 Å². The summed E-state index contributed by atoms with van der Waals surface area (Å²) in [6, 6.07) is 1.41. The van der Waals surface area contributed by atoms with Crippen LogP contribution in [0.2, 0.25) is 0 Å². The van der Waals surface area contributed by atoms with E-state index in [2.05, 4.69) is 15.6 Å². The van der Waals surface area contributed by atoms with Crippen LogP contribution in [-0.2, 0) is 0 Å². The van der Waals surface area contributed by atoms with Gasteiger partial charge in [0.2, 0.25) is 0 Å². The molecule has 0 saturated heterocycles. The van der Waals surface area contributed by atoms with Crippen molar-refractivity contribution in [3.8, 4) is 0 Å². The summed E-state index contributed by atoms with van der Waals surface area (Å²) in [5, 5.41) is 5.71. The Morgan fingerprint density at radius 1 is 1.56 bits per heavy atom. The Balaban J connectivity index is 2.14. The lowest BCUT2D eigenvalue weighted by molar-refractivity contribution is 0.0931. The molecule has 4 nitrogen and oxygen atoms in total. The highest BCUT2D eigenvalue weighted by Crippen LogP contribution is 2.34.